The highest BCUT2D eigenvalue weighted by Gasteiger charge is 2.34. The molecule has 4 nitrogen and oxygen atoms in total. The topological polar surface area (TPSA) is 42.4 Å². The lowest BCUT2D eigenvalue weighted by atomic mass is 10.1. The highest BCUT2D eigenvalue weighted by atomic mass is 32.1. The zero-order chi connectivity index (χ0) is 15.8. The molecule has 2 aliphatic heterocycles. The van der Waals surface area contributed by atoms with Crippen molar-refractivity contribution in [3.8, 4) is 0 Å². The lowest BCUT2D eigenvalue weighted by Crippen LogP contribution is -2.33. The van der Waals surface area contributed by atoms with Crippen molar-refractivity contribution in [2.45, 2.75) is 38.6 Å². The van der Waals surface area contributed by atoms with Gasteiger partial charge in [0.25, 0.3) is 5.91 Å². The van der Waals surface area contributed by atoms with Crippen LogP contribution in [0.5, 0.6) is 0 Å². The van der Waals surface area contributed by atoms with Crippen LogP contribution < -0.4 is 0 Å². The van der Waals surface area contributed by atoms with Crippen molar-refractivity contribution >= 4 is 27.5 Å². The molecule has 1 aromatic heterocycles. The lowest BCUT2D eigenvalue weighted by Gasteiger charge is -2.27. The minimum atomic E-state index is 0.113. The number of hydrogen-bond donors (Lipinski definition) is 0. The summed E-state index contributed by atoms with van der Waals surface area (Å²) in [5.74, 6) is 0.945. The Balaban J connectivity index is 1.65. The van der Waals surface area contributed by atoms with E-state index in [0.29, 0.717) is 0 Å². The second-order valence-corrected chi connectivity index (χ2v) is 7.23. The molecule has 0 unspecified atom stereocenters. The number of allylic oxidation sites excluding steroid dienone is 1. The summed E-state index contributed by atoms with van der Waals surface area (Å²) in [4.78, 5) is 19.7. The second kappa shape index (κ2) is 5.96. The third-order valence-corrected chi connectivity index (χ3v) is 5.82. The van der Waals surface area contributed by atoms with E-state index >= 15 is 0 Å². The molecule has 0 radical (unpaired) electrons. The van der Waals surface area contributed by atoms with Crippen molar-refractivity contribution < 1.29 is 9.53 Å². The van der Waals surface area contributed by atoms with Gasteiger partial charge in [-0.1, -0.05) is 12.1 Å². The maximum Gasteiger partial charge on any atom is 0.253 e. The Labute approximate surface area is 139 Å². The van der Waals surface area contributed by atoms with Crippen molar-refractivity contribution in [2.24, 2.45) is 0 Å². The fourth-order valence-corrected chi connectivity index (χ4v) is 4.58. The highest BCUT2D eigenvalue weighted by molar-refractivity contribution is 7.18. The molecule has 1 amide bonds. The molecule has 5 heteroatoms. The van der Waals surface area contributed by atoms with Gasteiger partial charge in [0.05, 0.1) is 28.4 Å². The van der Waals surface area contributed by atoms with E-state index in [1.807, 2.05) is 30.0 Å². The summed E-state index contributed by atoms with van der Waals surface area (Å²) >= 11 is 1.71. The number of thiazole rings is 1. The van der Waals surface area contributed by atoms with Crippen molar-refractivity contribution in [2.75, 3.05) is 13.2 Å². The van der Waals surface area contributed by atoms with Crippen molar-refractivity contribution in [1.82, 2.24) is 9.88 Å². The molecule has 0 spiro atoms. The summed E-state index contributed by atoms with van der Waals surface area (Å²) in [5.41, 5.74) is 1.88. The number of hydrogen-bond acceptors (Lipinski definition) is 4. The number of ether oxygens (including phenoxy) is 1. The Morgan fingerprint density at radius 1 is 1.35 bits per heavy atom. The molecule has 1 saturated heterocycles. The molecule has 1 aromatic carbocycles. The van der Waals surface area contributed by atoms with Gasteiger partial charge in [0, 0.05) is 6.54 Å². The zero-order valence-electron chi connectivity index (χ0n) is 13.2. The van der Waals surface area contributed by atoms with Gasteiger partial charge in [-0.2, -0.15) is 0 Å². The summed E-state index contributed by atoms with van der Waals surface area (Å²) in [6.45, 7) is 3.45. The predicted molar refractivity (Wildman–Crippen MR) is 91.2 cm³/mol. The molecule has 0 aliphatic carbocycles. The zero-order valence-corrected chi connectivity index (χ0v) is 14.1. The normalized spacial score (nSPS) is 21.8. The van der Waals surface area contributed by atoms with Crippen molar-refractivity contribution in [1.29, 1.82) is 0 Å². The van der Waals surface area contributed by atoms with Gasteiger partial charge in [-0.15, -0.1) is 11.3 Å². The first-order chi connectivity index (χ1) is 11.2. The molecule has 0 N–H and O–H groups in total. The van der Waals surface area contributed by atoms with Crippen LogP contribution in [0.2, 0.25) is 0 Å². The first-order valence-electron chi connectivity index (χ1n) is 8.23. The number of aromatic nitrogens is 1. The van der Waals surface area contributed by atoms with Crippen molar-refractivity contribution in [3.05, 3.63) is 40.6 Å². The smallest absolute Gasteiger partial charge is 0.253 e. The van der Waals surface area contributed by atoms with E-state index in [9.17, 15) is 4.79 Å². The molecular formula is C18H20N2O2S. The van der Waals surface area contributed by atoms with E-state index in [0.717, 1.165) is 60.7 Å². The molecule has 3 heterocycles. The average molecular weight is 328 g/mol. The Hall–Kier alpha value is -1.88. The number of carbonyl (C=O) groups excluding carboxylic acids is 1. The highest BCUT2D eigenvalue weighted by Crippen LogP contribution is 2.38. The van der Waals surface area contributed by atoms with Gasteiger partial charge in [-0.05, 0) is 44.7 Å². The van der Waals surface area contributed by atoms with Crippen LogP contribution in [0.25, 0.3) is 10.2 Å². The third-order valence-electron chi connectivity index (χ3n) is 4.68. The number of carbonyl (C=O) groups is 1. The van der Waals surface area contributed by atoms with Gasteiger partial charge < -0.3 is 9.64 Å². The van der Waals surface area contributed by atoms with Crippen LogP contribution in [-0.4, -0.2) is 28.9 Å². The van der Waals surface area contributed by atoms with E-state index in [1.54, 1.807) is 11.3 Å². The number of nitrogens with zero attached hydrogens (tertiary/aromatic N) is 2. The Kier molecular flexibility index (Phi) is 3.81. The van der Waals surface area contributed by atoms with Crippen LogP contribution >= 0.6 is 11.3 Å². The molecule has 1 fully saturated rings. The maximum atomic E-state index is 13.0. The van der Waals surface area contributed by atoms with Gasteiger partial charge in [0.2, 0.25) is 0 Å². The molecular weight excluding hydrogens is 308 g/mol. The standard InChI is InChI=1S/C18H20N2O2S/c1-12-13(6-5-11-22-12)18(21)20-10-4-8-15(20)17-19-14-7-2-3-9-16(14)23-17/h2-3,7,9,15H,4-6,8,10-11H2,1H3/t15-/m0/s1. The largest absolute Gasteiger partial charge is 0.498 e. The summed E-state index contributed by atoms with van der Waals surface area (Å²) in [6.07, 6.45) is 3.80. The lowest BCUT2D eigenvalue weighted by molar-refractivity contribution is -0.128. The maximum absolute atomic E-state index is 13.0. The van der Waals surface area contributed by atoms with Gasteiger partial charge in [-0.25, -0.2) is 4.98 Å². The number of rotatable bonds is 2. The van der Waals surface area contributed by atoms with E-state index in [4.69, 9.17) is 9.72 Å². The SMILES string of the molecule is CC1=C(C(=O)N2CCC[C@H]2c2nc3ccccc3s2)CCCO1. The number of para-hydroxylation sites is 1. The van der Waals surface area contributed by atoms with Crippen LogP contribution in [0.4, 0.5) is 0 Å². The van der Waals surface area contributed by atoms with Crippen LogP contribution in [0, 0.1) is 0 Å². The molecule has 0 saturated carbocycles. The molecule has 0 bridgehead atoms. The van der Waals surface area contributed by atoms with Gasteiger partial charge in [0.15, 0.2) is 0 Å². The Morgan fingerprint density at radius 2 is 2.22 bits per heavy atom. The summed E-state index contributed by atoms with van der Waals surface area (Å²) < 4.78 is 6.77. The summed E-state index contributed by atoms with van der Waals surface area (Å²) in [6, 6.07) is 8.30. The summed E-state index contributed by atoms with van der Waals surface area (Å²) in [5, 5.41) is 1.06. The van der Waals surface area contributed by atoms with Crippen LogP contribution in [0.3, 0.4) is 0 Å². The number of amides is 1. The van der Waals surface area contributed by atoms with E-state index in [2.05, 4.69) is 6.07 Å². The Bertz CT molecular complexity index is 747. The molecule has 120 valence electrons. The molecule has 2 aliphatic rings. The van der Waals surface area contributed by atoms with E-state index < -0.39 is 0 Å². The van der Waals surface area contributed by atoms with Gasteiger partial charge in [0.1, 0.15) is 10.8 Å². The van der Waals surface area contributed by atoms with Crippen molar-refractivity contribution in [3.63, 3.8) is 0 Å². The van der Waals surface area contributed by atoms with Gasteiger partial charge >= 0.3 is 0 Å². The first-order valence-corrected chi connectivity index (χ1v) is 9.04. The quantitative estimate of drug-likeness (QED) is 0.835. The monoisotopic (exact) mass is 328 g/mol. The summed E-state index contributed by atoms with van der Waals surface area (Å²) in [7, 11) is 0. The van der Waals surface area contributed by atoms with Crippen LogP contribution in [-0.2, 0) is 9.53 Å². The molecule has 23 heavy (non-hydrogen) atoms. The van der Waals surface area contributed by atoms with E-state index in [1.165, 1.54) is 4.70 Å². The van der Waals surface area contributed by atoms with Crippen LogP contribution in [0.1, 0.15) is 43.7 Å². The van der Waals surface area contributed by atoms with Gasteiger partial charge in [-0.3, -0.25) is 4.79 Å². The predicted octanol–water partition coefficient (Wildman–Crippen LogP) is 4.04. The second-order valence-electron chi connectivity index (χ2n) is 6.16. The molecule has 2 aromatic rings. The molecule has 1 atom stereocenters. The fraction of sp³-hybridized carbons (Fsp3) is 0.444. The first kappa shape index (κ1) is 14.7. The molecule has 4 rings (SSSR count). The number of likely N-dealkylation sites (tertiary alicyclic amines) is 1. The number of benzene rings is 1. The Morgan fingerprint density at radius 3 is 3.04 bits per heavy atom. The third kappa shape index (κ3) is 2.63. The number of fused-ring (bicyclic) bond motifs is 1. The fourth-order valence-electron chi connectivity index (χ4n) is 3.47. The minimum Gasteiger partial charge on any atom is -0.498 e. The van der Waals surface area contributed by atoms with Crippen LogP contribution in [0.15, 0.2) is 35.6 Å². The van der Waals surface area contributed by atoms with E-state index in [-0.39, 0.29) is 11.9 Å². The average Bonchev–Trinajstić information content (AvgIpc) is 3.21. The minimum absolute atomic E-state index is 0.113.